The molecular weight excluding hydrogens is 833 g/mol. The van der Waals surface area contributed by atoms with E-state index in [0.717, 1.165) is 51.4 Å². The summed E-state index contributed by atoms with van der Waals surface area (Å²) in [5.74, 6) is 0.0419. The van der Waals surface area contributed by atoms with Gasteiger partial charge in [-0.3, -0.25) is 8.37 Å². The second kappa shape index (κ2) is 51.5. The van der Waals surface area contributed by atoms with Gasteiger partial charge in [-0.1, -0.05) is 257 Å². The number of allylic oxidation sites excluding steroid dienone is 2. The minimum Gasteiger partial charge on any atom is -0.726 e. The average molecular weight is 932 g/mol. The zero-order valence-corrected chi connectivity index (χ0v) is 44.4. The van der Waals surface area contributed by atoms with Gasteiger partial charge in [0.05, 0.1) is 13.2 Å². The molecule has 0 spiro atoms. The molecule has 0 heterocycles. The van der Waals surface area contributed by atoms with Crippen molar-refractivity contribution < 1.29 is 34.3 Å². The monoisotopic (exact) mass is 931 g/mol. The minimum absolute atomic E-state index is 0. The van der Waals surface area contributed by atoms with Crippen LogP contribution in [0.2, 0.25) is 0 Å². The average Bonchev–Trinajstić information content (AvgIpc) is 3.21. The fraction of sp³-hybridized carbons (Fsp3) is 0.920. The van der Waals surface area contributed by atoms with Crippen LogP contribution in [0.5, 0.6) is 0 Å². The molecule has 0 saturated carbocycles. The number of hydrogen-bond acceptors (Lipinski definition) is 8. The molecule has 2 unspecified atom stereocenters. The molecule has 0 fully saturated rings. The van der Waals surface area contributed by atoms with Crippen LogP contribution in [-0.4, -0.2) is 76.9 Å². The zero-order valence-electron chi connectivity index (χ0n) is 40.5. The maximum Gasteiger partial charge on any atom is 2.00 e. The Morgan fingerprint density at radius 3 is 0.803 bits per heavy atom. The fourth-order valence-electron chi connectivity index (χ4n) is 7.62. The van der Waals surface area contributed by atoms with Crippen LogP contribution < -0.4 is 0 Å². The van der Waals surface area contributed by atoms with E-state index >= 15 is 0 Å². The smallest absolute Gasteiger partial charge is 0.726 e. The summed E-state index contributed by atoms with van der Waals surface area (Å²) >= 11 is 0. The first-order valence-electron chi connectivity index (χ1n) is 25.5. The van der Waals surface area contributed by atoms with E-state index in [2.05, 4.69) is 60.4 Å². The van der Waals surface area contributed by atoms with Gasteiger partial charge in [-0.05, 0) is 38.5 Å². The summed E-state index contributed by atoms with van der Waals surface area (Å²) in [5.41, 5.74) is 0. The van der Waals surface area contributed by atoms with Crippen LogP contribution in [0, 0.1) is 11.8 Å². The van der Waals surface area contributed by atoms with Crippen LogP contribution in [-0.2, 0) is 29.2 Å². The van der Waals surface area contributed by atoms with Crippen molar-refractivity contribution in [3.05, 3.63) is 24.3 Å². The Hall–Kier alpha value is 0.480. The Labute approximate surface area is 410 Å². The van der Waals surface area contributed by atoms with Gasteiger partial charge in [-0.2, -0.15) is 0 Å². The second-order valence-electron chi connectivity index (χ2n) is 17.5. The topological polar surface area (TPSA) is 133 Å². The predicted octanol–water partition coefficient (Wildman–Crippen LogP) is 15.8. The van der Waals surface area contributed by atoms with Gasteiger partial charge in [0, 0.05) is 11.8 Å². The Bertz CT molecular complexity index is 1040. The molecule has 8 nitrogen and oxygen atoms in total. The molecule has 0 radical (unpaired) electrons. The van der Waals surface area contributed by atoms with Crippen molar-refractivity contribution >= 4 is 58.5 Å². The van der Waals surface area contributed by atoms with E-state index in [1.165, 1.54) is 193 Å². The van der Waals surface area contributed by atoms with E-state index < -0.39 is 20.8 Å². The van der Waals surface area contributed by atoms with Gasteiger partial charge in [0.25, 0.3) is 0 Å². The number of hydrogen-bond donors (Lipinski definition) is 0. The van der Waals surface area contributed by atoms with Crippen molar-refractivity contribution in [3.63, 3.8) is 0 Å². The molecule has 11 heteroatoms. The van der Waals surface area contributed by atoms with E-state index in [-0.39, 0.29) is 62.8 Å². The molecule has 0 bridgehead atoms. The minimum atomic E-state index is -4.60. The Morgan fingerprint density at radius 2 is 0.574 bits per heavy atom. The molecule has 360 valence electrons. The molecule has 0 aromatic heterocycles. The molecule has 0 aliphatic heterocycles. The molecule has 61 heavy (non-hydrogen) atoms. The van der Waals surface area contributed by atoms with Crippen molar-refractivity contribution in [1.82, 2.24) is 0 Å². The summed E-state index contributed by atoms with van der Waals surface area (Å²) in [7, 11) is -9.21. The van der Waals surface area contributed by atoms with E-state index in [1.54, 1.807) is 0 Å². The molecule has 0 amide bonds. The molecular formula is C50H98CaO8S2. The summed E-state index contributed by atoms with van der Waals surface area (Å²) in [6.45, 7) is 8.89. The maximum atomic E-state index is 10.8. The standard InChI is InChI=1S/2C25H50O4S.Ca/c2*1-3-5-7-9-11-12-13-14-15-16-17-19-21-23-25(24-29-30(26,27)28)22-20-18-10-8-6-4-2;/h2*21,23,25H,3-20,22,24H2,1-2H3,(H,26,27,28);/q;;+2/p-2/b2*23-21+;. The Kier molecular flexibility index (Phi) is 55.5. The number of unbranched alkanes of at least 4 members (excludes halogenated alkanes) is 32. The normalized spacial score (nSPS) is 13.1. The van der Waals surface area contributed by atoms with E-state index in [0.29, 0.717) is 0 Å². The van der Waals surface area contributed by atoms with Crippen molar-refractivity contribution in [2.45, 2.75) is 272 Å². The Balaban J connectivity index is -0.00000109. The van der Waals surface area contributed by atoms with Gasteiger partial charge in [-0.15, -0.1) is 0 Å². The fourth-order valence-corrected chi connectivity index (χ4v) is 8.30. The maximum absolute atomic E-state index is 10.8. The Morgan fingerprint density at radius 1 is 0.361 bits per heavy atom. The van der Waals surface area contributed by atoms with Crippen molar-refractivity contribution in [3.8, 4) is 0 Å². The molecule has 0 aromatic carbocycles. The third kappa shape index (κ3) is 60.5. The summed E-state index contributed by atoms with van der Waals surface area (Å²) in [6.07, 6.45) is 56.1. The van der Waals surface area contributed by atoms with Crippen LogP contribution in [0.4, 0.5) is 0 Å². The third-order valence-electron chi connectivity index (χ3n) is 11.5. The predicted molar refractivity (Wildman–Crippen MR) is 260 cm³/mol. The van der Waals surface area contributed by atoms with Crippen LogP contribution in [0.1, 0.15) is 272 Å². The molecule has 0 aliphatic carbocycles. The van der Waals surface area contributed by atoms with Gasteiger partial charge in [-0.25, -0.2) is 16.8 Å². The van der Waals surface area contributed by atoms with Crippen molar-refractivity contribution in [2.75, 3.05) is 13.2 Å². The zero-order chi connectivity index (χ0) is 44.7. The van der Waals surface area contributed by atoms with Crippen molar-refractivity contribution in [1.29, 1.82) is 0 Å². The largest absolute Gasteiger partial charge is 2.00 e. The van der Waals surface area contributed by atoms with Crippen LogP contribution >= 0.6 is 0 Å². The summed E-state index contributed by atoms with van der Waals surface area (Å²) in [5, 5.41) is 0. The summed E-state index contributed by atoms with van der Waals surface area (Å²) in [4.78, 5) is 0. The van der Waals surface area contributed by atoms with Gasteiger partial charge in [0.2, 0.25) is 20.8 Å². The van der Waals surface area contributed by atoms with Crippen LogP contribution in [0.25, 0.3) is 0 Å². The summed E-state index contributed by atoms with van der Waals surface area (Å²) < 4.78 is 73.7. The first kappa shape index (κ1) is 65.8. The molecule has 0 rings (SSSR count). The van der Waals surface area contributed by atoms with Crippen LogP contribution in [0.3, 0.4) is 0 Å². The summed E-state index contributed by atoms with van der Waals surface area (Å²) in [6, 6.07) is 0. The first-order chi connectivity index (χ1) is 29.0. The van der Waals surface area contributed by atoms with Gasteiger partial charge >= 0.3 is 37.7 Å². The van der Waals surface area contributed by atoms with Gasteiger partial charge in [0.15, 0.2) is 0 Å². The van der Waals surface area contributed by atoms with Crippen molar-refractivity contribution in [2.24, 2.45) is 11.8 Å². The van der Waals surface area contributed by atoms with Gasteiger partial charge < -0.3 is 9.11 Å². The molecule has 2 atom stereocenters. The third-order valence-corrected chi connectivity index (χ3v) is 12.3. The van der Waals surface area contributed by atoms with E-state index in [1.807, 2.05) is 0 Å². The van der Waals surface area contributed by atoms with E-state index in [9.17, 15) is 25.9 Å². The quantitative estimate of drug-likeness (QED) is 0.0194. The second-order valence-corrected chi connectivity index (χ2v) is 19.6. The SMILES string of the molecule is CCCCCCCCCCCCC/C=C/C(CCCCCCCC)COS(=O)(=O)[O-].CCCCCCCCCCCCC/C=C/C(CCCCCCCC)COS(=O)(=O)[O-].[Ca+2]. The number of rotatable bonds is 46. The van der Waals surface area contributed by atoms with E-state index in [4.69, 9.17) is 0 Å². The van der Waals surface area contributed by atoms with Crippen LogP contribution in [0.15, 0.2) is 24.3 Å². The molecule has 0 saturated heterocycles. The molecule has 0 N–H and O–H groups in total. The molecule has 0 aliphatic rings. The first-order valence-corrected chi connectivity index (χ1v) is 28.2. The molecule has 0 aromatic rings. The van der Waals surface area contributed by atoms with Gasteiger partial charge in [0.1, 0.15) is 0 Å².